The van der Waals surface area contributed by atoms with E-state index in [2.05, 4.69) is 9.72 Å². The summed E-state index contributed by atoms with van der Waals surface area (Å²) in [6.45, 7) is 0. The van der Waals surface area contributed by atoms with Crippen LogP contribution in [0.2, 0.25) is 0 Å². The third kappa shape index (κ3) is 2.38. The number of hydrogen-bond acceptors (Lipinski definition) is 3. The van der Waals surface area contributed by atoms with Crippen molar-refractivity contribution in [3.05, 3.63) is 33.2 Å². The van der Waals surface area contributed by atoms with Gasteiger partial charge in [-0.15, -0.1) is 11.6 Å². The van der Waals surface area contributed by atoms with Gasteiger partial charge in [0.2, 0.25) is 0 Å². The minimum absolute atomic E-state index is 0.246. The van der Waals surface area contributed by atoms with Crippen LogP contribution in [0.25, 0.3) is 0 Å². The average Bonchev–Trinajstić information content (AvgIpc) is 2.26. The van der Waals surface area contributed by atoms with Gasteiger partial charge in [0.25, 0.3) is 6.43 Å². The van der Waals surface area contributed by atoms with Crippen LogP contribution in [-0.4, -0.2) is 18.1 Å². The van der Waals surface area contributed by atoms with Crippen LogP contribution >= 0.6 is 11.6 Å². The third-order valence-corrected chi connectivity index (χ3v) is 2.19. The number of carbonyl (C=O) groups is 1. The lowest BCUT2D eigenvalue weighted by atomic mass is 10.2. The Balaban J connectivity index is 3.40. The first-order valence-electron chi connectivity index (χ1n) is 4.19. The van der Waals surface area contributed by atoms with Crippen molar-refractivity contribution in [2.45, 2.75) is 12.3 Å². The van der Waals surface area contributed by atoms with E-state index < -0.39 is 23.5 Å². The number of ether oxygens (including phenoxy) is 1. The molecule has 0 saturated carbocycles. The zero-order chi connectivity index (χ0) is 12.3. The quantitative estimate of drug-likeness (QED) is 0.659. The van der Waals surface area contributed by atoms with Crippen LogP contribution in [0.15, 0.2) is 10.9 Å². The number of methoxy groups -OCH3 is 1. The van der Waals surface area contributed by atoms with Crippen molar-refractivity contribution < 1.29 is 18.3 Å². The third-order valence-electron chi connectivity index (χ3n) is 1.92. The van der Waals surface area contributed by atoms with Gasteiger partial charge in [-0.1, -0.05) is 0 Å². The fourth-order valence-electron chi connectivity index (χ4n) is 1.15. The van der Waals surface area contributed by atoms with E-state index >= 15 is 0 Å². The molecule has 1 aromatic rings. The first-order chi connectivity index (χ1) is 7.51. The molecule has 0 aliphatic rings. The fraction of sp³-hybridized carbons (Fsp3) is 0.333. The van der Waals surface area contributed by atoms with Gasteiger partial charge < -0.3 is 9.72 Å². The van der Waals surface area contributed by atoms with Crippen molar-refractivity contribution in [1.82, 2.24) is 4.98 Å². The number of H-pyrrole nitrogens is 1. The predicted octanol–water partition coefficient (Wildman–Crippen LogP) is 1.84. The molecule has 7 heteroatoms. The zero-order valence-corrected chi connectivity index (χ0v) is 8.98. The lowest BCUT2D eigenvalue weighted by Gasteiger charge is -2.07. The minimum atomic E-state index is -2.91. The van der Waals surface area contributed by atoms with Gasteiger partial charge in [0.1, 0.15) is 5.69 Å². The molecule has 0 radical (unpaired) electrons. The number of nitrogens with one attached hydrogen (secondary N) is 1. The summed E-state index contributed by atoms with van der Waals surface area (Å²) < 4.78 is 29.4. The SMILES string of the molecule is COC(=O)c1cc(=O)c(CCl)c(C(F)F)[nH]1. The second kappa shape index (κ2) is 5.07. The molecule has 88 valence electrons. The molecule has 0 aliphatic carbocycles. The molecule has 0 saturated heterocycles. The van der Waals surface area contributed by atoms with Crippen LogP contribution in [-0.2, 0) is 10.6 Å². The Bertz CT molecular complexity index is 459. The number of pyridine rings is 1. The summed E-state index contributed by atoms with van der Waals surface area (Å²) in [7, 11) is 1.08. The molecular formula is C9H8ClF2NO3. The van der Waals surface area contributed by atoms with Crippen molar-refractivity contribution in [3.63, 3.8) is 0 Å². The van der Waals surface area contributed by atoms with E-state index in [4.69, 9.17) is 11.6 Å². The molecular weight excluding hydrogens is 244 g/mol. The summed E-state index contributed by atoms with van der Waals surface area (Å²) in [4.78, 5) is 24.6. The first kappa shape index (κ1) is 12.6. The highest BCUT2D eigenvalue weighted by molar-refractivity contribution is 6.17. The zero-order valence-electron chi connectivity index (χ0n) is 8.22. The van der Waals surface area contributed by atoms with Gasteiger partial charge in [-0.2, -0.15) is 0 Å². The average molecular weight is 252 g/mol. The molecule has 0 unspecified atom stereocenters. The molecule has 0 amide bonds. The number of hydrogen-bond donors (Lipinski definition) is 1. The van der Waals surface area contributed by atoms with Gasteiger partial charge in [0, 0.05) is 11.6 Å². The Morgan fingerprint density at radius 2 is 2.25 bits per heavy atom. The molecule has 1 rings (SSSR count). The Hall–Kier alpha value is -1.43. The Kier molecular flexibility index (Phi) is 4.00. The topological polar surface area (TPSA) is 59.2 Å². The van der Waals surface area contributed by atoms with Crippen molar-refractivity contribution >= 4 is 17.6 Å². The Morgan fingerprint density at radius 1 is 1.62 bits per heavy atom. The monoisotopic (exact) mass is 251 g/mol. The summed E-state index contributed by atoms with van der Waals surface area (Å²) in [6, 6.07) is 0.884. The lowest BCUT2D eigenvalue weighted by Crippen LogP contribution is -2.18. The van der Waals surface area contributed by atoms with E-state index in [0.717, 1.165) is 13.2 Å². The maximum Gasteiger partial charge on any atom is 0.354 e. The smallest absolute Gasteiger partial charge is 0.354 e. The van der Waals surface area contributed by atoms with E-state index in [1.165, 1.54) is 0 Å². The van der Waals surface area contributed by atoms with E-state index in [1.807, 2.05) is 0 Å². The molecule has 0 spiro atoms. The van der Waals surface area contributed by atoms with E-state index in [9.17, 15) is 18.4 Å². The first-order valence-corrected chi connectivity index (χ1v) is 4.73. The van der Waals surface area contributed by atoms with Gasteiger partial charge >= 0.3 is 5.97 Å². The van der Waals surface area contributed by atoms with E-state index in [1.54, 1.807) is 0 Å². The van der Waals surface area contributed by atoms with Gasteiger partial charge in [-0.25, -0.2) is 13.6 Å². The molecule has 0 bridgehead atoms. The highest BCUT2D eigenvalue weighted by Gasteiger charge is 2.19. The molecule has 1 N–H and O–H groups in total. The van der Waals surface area contributed by atoms with Crippen molar-refractivity contribution in [1.29, 1.82) is 0 Å². The standard InChI is InChI=1S/C9H8ClF2NO3/c1-16-9(15)5-2-6(14)4(3-10)7(13-5)8(11)12/h2,8H,3H2,1H3,(H,13,14). The number of halogens is 3. The summed E-state index contributed by atoms with van der Waals surface area (Å²) in [5.74, 6) is -1.24. The van der Waals surface area contributed by atoms with Crippen molar-refractivity contribution in [3.8, 4) is 0 Å². The van der Waals surface area contributed by atoms with Crippen LogP contribution in [0.3, 0.4) is 0 Å². The van der Waals surface area contributed by atoms with Crippen molar-refractivity contribution in [2.75, 3.05) is 7.11 Å². The molecule has 1 aromatic heterocycles. The number of rotatable bonds is 3. The van der Waals surface area contributed by atoms with Crippen LogP contribution in [0.5, 0.6) is 0 Å². The predicted molar refractivity (Wildman–Crippen MR) is 52.9 cm³/mol. The Labute approximate surface area is 94.2 Å². The molecule has 0 aromatic carbocycles. The fourth-order valence-corrected chi connectivity index (χ4v) is 1.43. The molecule has 0 atom stereocenters. The normalized spacial score (nSPS) is 10.6. The lowest BCUT2D eigenvalue weighted by molar-refractivity contribution is 0.0592. The van der Waals surface area contributed by atoms with Crippen LogP contribution < -0.4 is 5.43 Å². The number of aromatic nitrogens is 1. The van der Waals surface area contributed by atoms with Crippen LogP contribution in [0.4, 0.5) is 8.78 Å². The van der Waals surface area contributed by atoms with Gasteiger partial charge in [-0.05, 0) is 0 Å². The molecule has 0 fully saturated rings. The summed E-state index contributed by atoms with van der Waals surface area (Å²) in [5, 5.41) is 0. The van der Waals surface area contributed by atoms with Gasteiger partial charge in [0.05, 0.1) is 18.7 Å². The van der Waals surface area contributed by atoms with Crippen molar-refractivity contribution in [2.24, 2.45) is 0 Å². The number of aromatic amines is 1. The largest absolute Gasteiger partial charge is 0.464 e. The number of alkyl halides is 3. The Morgan fingerprint density at radius 3 is 2.69 bits per heavy atom. The maximum atomic E-state index is 12.6. The van der Waals surface area contributed by atoms with Gasteiger partial charge in [-0.3, -0.25) is 4.79 Å². The number of carbonyl (C=O) groups excluding carboxylic acids is 1. The van der Waals surface area contributed by atoms with E-state index in [-0.39, 0.29) is 17.1 Å². The second-order valence-electron chi connectivity index (χ2n) is 2.87. The highest BCUT2D eigenvalue weighted by Crippen LogP contribution is 2.20. The van der Waals surface area contributed by atoms with Gasteiger partial charge in [0.15, 0.2) is 5.43 Å². The maximum absolute atomic E-state index is 12.6. The van der Waals surface area contributed by atoms with E-state index in [0.29, 0.717) is 0 Å². The summed E-state index contributed by atoms with van der Waals surface area (Å²) >= 11 is 5.38. The van der Waals surface area contributed by atoms with Crippen LogP contribution in [0.1, 0.15) is 28.2 Å². The highest BCUT2D eigenvalue weighted by atomic mass is 35.5. The summed E-state index contributed by atoms with van der Waals surface area (Å²) in [6.07, 6.45) is -2.91. The molecule has 0 aliphatic heterocycles. The molecule has 16 heavy (non-hydrogen) atoms. The molecule has 4 nitrogen and oxygen atoms in total. The molecule has 1 heterocycles. The minimum Gasteiger partial charge on any atom is -0.464 e. The van der Waals surface area contributed by atoms with Crippen LogP contribution in [0, 0.1) is 0 Å². The summed E-state index contributed by atoms with van der Waals surface area (Å²) in [5.41, 5.74) is -1.94. The second-order valence-corrected chi connectivity index (χ2v) is 3.13. The number of esters is 1.